The van der Waals surface area contributed by atoms with E-state index in [0.717, 1.165) is 0 Å². The van der Waals surface area contributed by atoms with Crippen LogP contribution in [0.1, 0.15) is 13.8 Å². The number of anilines is 2. The lowest BCUT2D eigenvalue weighted by Crippen LogP contribution is -2.42. The van der Waals surface area contributed by atoms with E-state index in [1.165, 1.54) is 0 Å². The van der Waals surface area contributed by atoms with Crippen LogP contribution in [0.4, 0.5) is 11.5 Å². The van der Waals surface area contributed by atoms with Gasteiger partial charge in [0.2, 0.25) is 11.8 Å². The molecule has 2 heterocycles. The number of nitrogens with one attached hydrogen (secondary N) is 2. The molecule has 0 bridgehead atoms. The highest BCUT2D eigenvalue weighted by molar-refractivity contribution is 6.02. The summed E-state index contributed by atoms with van der Waals surface area (Å²) in [5.41, 5.74) is 0.697. The first kappa shape index (κ1) is 10.7. The number of aromatic nitrogens is 1. The van der Waals surface area contributed by atoms with Gasteiger partial charge in [0.25, 0.3) is 0 Å². The summed E-state index contributed by atoms with van der Waals surface area (Å²) in [6, 6.07) is 3.26. The van der Waals surface area contributed by atoms with E-state index in [2.05, 4.69) is 15.6 Å². The van der Waals surface area contributed by atoms with Crippen molar-refractivity contribution < 1.29 is 9.53 Å². The molecular formula is C11H15N3O2. The molecule has 1 aromatic rings. The fraction of sp³-hybridized carbons (Fsp3) is 0.455. The maximum Gasteiger partial charge on any atom is 0.247 e. The Bertz CT molecular complexity index is 418. The third-order valence-electron chi connectivity index (χ3n) is 2.58. The van der Waals surface area contributed by atoms with Gasteiger partial charge in [-0.25, -0.2) is 0 Å². The van der Waals surface area contributed by atoms with Gasteiger partial charge in [-0.1, -0.05) is 13.8 Å². The van der Waals surface area contributed by atoms with E-state index in [4.69, 9.17) is 4.74 Å². The number of ether oxygens (including phenoxy) is 1. The Kier molecular flexibility index (Phi) is 2.68. The molecule has 0 radical (unpaired) electrons. The van der Waals surface area contributed by atoms with Gasteiger partial charge in [-0.3, -0.25) is 4.79 Å². The van der Waals surface area contributed by atoms with Crippen LogP contribution in [0.2, 0.25) is 0 Å². The molecule has 86 valence electrons. The second-order valence-corrected chi connectivity index (χ2v) is 4.11. The highest BCUT2D eigenvalue weighted by Crippen LogP contribution is 2.28. The fourth-order valence-electron chi connectivity index (χ4n) is 1.66. The number of carbonyl (C=O) groups excluding carboxylic acids is 1. The summed E-state index contributed by atoms with van der Waals surface area (Å²) < 4.78 is 5.04. The number of hydrogen-bond acceptors (Lipinski definition) is 4. The molecule has 0 spiro atoms. The SMILES string of the molecule is COc1ccc2c(n1)NC(C(C)C)C(=O)N2. The first-order valence-corrected chi connectivity index (χ1v) is 5.24. The van der Waals surface area contributed by atoms with Gasteiger partial charge in [0.05, 0.1) is 12.8 Å². The predicted molar refractivity (Wildman–Crippen MR) is 61.7 cm³/mol. The molecule has 16 heavy (non-hydrogen) atoms. The van der Waals surface area contributed by atoms with Crippen molar-refractivity contribution in [3.05, 3.63) is 12.1 Å². The molecule has 5 nitrogen and oxygen atoms in total. The molecule has 0 fully saturated rings. The normalized spacial score (nSPS) is 18.8. The van der Waals surface area contributed by atoms with Crippen molar-refractivity contribution in [1.82, 2.24) is 4.98 Å². The Hall–Kier alpha value is -1.78. The number of amides is 1. The molecule has 0 saturated carbocycles. The summed E-state index contributed by atoms with van der Waals surface area (Å²) in [5, 5.41) is 5.94. The molecule has 1 aliphatic rings. The second kappa shape index (κ2) is 4.00. The van der Waals surface area contributed by atoms with Crippen LogP contribution in [0, 0.1) is 5.92 Å². The van der Waals surface area contributed by atoms with Crippen LogP contribution in [0.3, 0.4) is 0 Å². The Morgan fingerprint density at radius 3 is 2.81 bits per heavy atom. The monoisotopic (exact) mass is 221 g/mol. The Morgan fingerprint density at radius 2 is 2.19 bits per heavy atom. The van der Waals surface area contributed by atoms with E-state index < -0.39 is 0 Å². The van der Waals surface area contributed by atoms with E-state index in [-0.39, 0.29) is 17.9 Å². The zero-order valence-corrected chi connectivity index (χ0v) is 9.57. The Morgan fingerprint density at radius 1 is 1.44 bits per heavy atom. The number of rotatable bonds is 2. The van der Waals surface area contributed by atoms with Crippen LogP contribution in [0.15, 0.2) is 12.1 Å². The molecule has 2 rings (SSSR count). The highest BCUT2D eigenvalue weighted by atomic mass is 16.5. The van der Waals surface area contributed by atoms with Crippen molar-refractivity contribution in [2.24, 2.45) is 5.92 Å². The lowest BCUT2D eigenvalue weighted by Gasteiger charge is -2.28. The van der Waals surface area contributed by atoms with Gasteiger partial charge >= 0.3 is 0 Å². The zero-order valence-electron chi connectivity index (χ0n) is 9.57. The summed E-state index contributed by atoms with van der Waals surface area (Å²) in [7, 11) is 1.57. The molecule has 0 aliphatic carbocycles. The number of fused-ring (bicyclic) bond motifs is 1. The smallest absolute Gasteiger partial charge is 0.247 e. The van der Waals surface area contributed by atoms with E-state index >= 15 is 0 Å². The average Bonchev–Trinajstić information content (AvgIpc) is 2.27. The first-order valence-electron chi connectivity index (χ1n) is 5.24. The summed E-state index contributed by atoms with van der Waals surface area (Å²) in [4.78, 5) is 16.0. The molecule has 1 amide bonds. The van der Waals surface area contributed by atoms with Crippen molar-refractivity contribution in [1.29, 1.82) is 0 Å². The largest absolute Gasteiger partial charge is 0.481 e. The molecule has 5 heteroatoms. The minimum absolute atomic E-state index is 0.0190. The molecule has 2 N–H and O–H groups in total. The fourth-order valence-corrected chi connectivity index (χ4v) is 1.66. The minimum atomic E-state index is -0.243. The Labute approximate surface area is 94.2 Å². The van der Waals surface area contributed by atoms with Crippen molar-refractivity contribution in [3.8, 4) is 5.88 Å². The quantitative estimate of drug-likeness (QED) is 0.794. The van der Waals surface area contributed by atoms with Gasteiger partial charge in [0.15, 0.2) is 5.82 Å². The van der Waals surface area contributed by atoms with Crippen LogP contribution in [-0.4, -0.2) is 24.0 Å². The van der Waals surface area contributed by atoms with Crippen molar-refractivity contribution in [3.63, 3.8) is 0 Å². The van der Waals surface area contributed by atoms with Gasteiger partial charge < -0.3 is 15.4 Å². The molecule has 1 aliphatic heterocycles. The third-order valence-corrected chi connectivity index (χ3v) is 2.58. The molecular weight excluding hydrogens is 206 g/mol. The van der Waals surface area contributed by atoms with Crippen LogP contribution >= 0.6 is 0 Å². The number of carbonyl (C=O) groups is 1. The highest BCUT2D eigenvalue weighted by Gasteiger charge is 2.28. The van der Waals surface area contributed by atoms with Crippen molar-refractivity contribution in [2.75, 3.05) is 17.7 Å². The van der Waals surface area contributed by atoms with Gasteiger partial charge in [0, 0.05) is 6.07 Å². The summed E-state index contributed by atoms with van der Waals surface area (Å²) in [6.07, 6.45) is 0. The van der Waals surface area contributed by atoms with Crippen LogP contribution in [0.5, 0.6) is 5.88 Å². The first-order chi connectivity index (χ1) is 7.61. The molecule has 0 aromatic carbocycles. The molecule has 0 saturated heterocycles. The van der Waals surface area contributed by atoms with E-state index in [9.17, 15) is 4.79 Å². The van der Waals surface area contributed by atoms with Crippen LogP contribution in [0.25, 0.3) is 0 Å². The van der Waals surface area contributed by atoms with Crippen molar-refractivity contribution >= 4 is 17.4 Å². The zero-order chi connectivity index (χ0) is 11.7. The van der Waals surface area contributed by atoms with Crippen LogP contribution < -0.4 is 15.4 Å². The third kappa shape index (κ3) is 1.80. The molecule has 1 atom stereocenters. The lowest BCUT2D eigenvalue weighted by atomic mass is 10.0. The summed E-state index contributed by atoms with van der Waals surface area (Å²) in [6.45, 7) is 3.98. The second-order valence-electron chi connectivity index (χ2n) is 4.11. The standard InChI is InChI=1S/C11H15N3O2/c1-6(2)9-11(15)12-7-4-5-8(16-3)13-10(7)14-9/h4-6,9H,1-3H3,(H,12,15)(H,13,14). The topological polar surface area (TPSA) is 63.2 Å². The predicted octanol–water partition coefficient (Wildman–Crippen LogP) is 1.48. The summed E-state index contributed by atoms with van der Waals surface area (Å²) in [5.74, 6) is 1.39. The maximum absolute atomic E-state index is 11.7. The summed E-state index contributed by atoms with van der Waals surface area (Å²) >= 11 is 0. The number of methoxy groups -OCH3 is 1. The van der Waals surface area contributed by atoms with Crippen molar-refractivity contribution in [2.45, 2.75) is 19.9 Å². The number of nitrogens with zero attached hydrogens (tertiary/aromatic N) is 1. The van der Waals surface area contributed by atoms with Crippen LogP contribution in [-0.2, 0) is 4.79 Å². The van der Waals surface area contributed by atoms with Gasteiger partial charge in [0.1, 0.15) is 6.04 Å². The molecule has 1 aromatic heterocycles. The lowest BCUT2D eigenvalue weighted by molar-refractivity contribution is -0.117. The number of hydrogen-bond donors (Lipinski definition) is 2. The van der Waals surface area contributed by atoms with Gasteiger partial charge in [-0.2, -0.15) is 4.98 Å². The van der Waals surface area contributed by atoms with Gasteiger partial charge in [-0.15, -0.1) is 0 Å². The Balaban J connectivity index is 2.32. The maximum atomic E-state index is 11.7. The van der Waals surface area contributed by atoms with E-state index in [1.807, 2.05) is 13.8 Å². The van der Waals surface area contributed by atoms with Gasteiger partial charge in [-0.05, 0) is 12.0 Å². The molecule has 1 unspecified atom stereocenters. The number of pyridine rings is 1. The van der Waals surface area contributed by atoms with E-state index in [0.29, 0.717) is 17.4 Å². The minimum Gasteiger partial charge on any atom is -0.481 e. The average molecular weight is 221 g/mol. The van der Waals surface area contributed by atoms with E-state index in [1.54, 1.807) is 19.2 Å².